The van der Waals surface area contributed by atoms with E-state index in [2.05, 4.69) is 115 Å². The average Bonchev–Trinajstić information content (AvgIpc) is 1.52. The zero-order valence-electron chi connectivity index (χ0n) is 50.8. The molecule has 9 aromatic carbocycles. The summed E-state index contributed by atoms with van der Waals surface area (Å²) in [7, 11) is 6.51. The van der Waals surface area contributed by atoms with Crippen LogP contribution in [0.15, 0.2) is 164 Å². The number of amides is 2. The average molecular weight is 1210 g/mol. The van der Waals surface area contributed by atoms with E-state index in [-0.39, 0.29) is 54.5 Å². The van der Waals surface area contributed by atoms with E-state index in [4.69, 9.17) is 23.7 Å². The predicted molar refractivity (Wildman–Crippen MR) is 352 cm³/mol. The number of esters is 1. The van der Waals surface area contributed by atoms with Crippen LogP contribution < -0.4 is 18.9 Å². The molecule has 8 heterocycles. The summed E-state index contributed by atoms with van der Waals surface area (Å²) in [5, 5.41) is 20.2. The standard InChI is InChI=1S/C43H37N3O6.C33H27N3O3/c1-49-27-15-12-24(13-16-27)22-44-23-30-38-28-8-4-6-10-31(28)45-26-20-33(35(21-26)52-37(47)19-25-14-17-34(50-2)36(18-25)51-3)46-32-11-7-5-9-29(32)39(40(30)43(44)48)42(46)41(38)45;1-39-20-12-10-18(11-13-20)16-34-17-23-28-21-6-2-4-8-24(21)35-19-14-26(27(37)15-19)36-25-9-5-3-7-22(25)29(30(23)33(34)38)32(36)31(28)35/h4-18,26,33,35H,19-23H2,1-3H3;2-13,19,26-27,37H,14-17H2,1H3/t26-,33+,35+;19-,26+,27+/m00/s1. The summed E-state index contributed by atoms with van der Waals surface area (Å²) >= 11 is 0. The maximum Gasteiger partial charge on any atom is 0.310 e. The second-order valence-corrected chi connectivity index (χ2v) is 25.5. The summed E-state index contributed by atoms with van der Waals surface area (Å²) in [4.78, 5) is 46.7. The van der Waals surface area contributed by atoms with E-state index < -0.39 is 6.10 Å². The number of ether oxygens (including phenoxy) is 5. The molecule has 6 atom stereocenters. The van der Waals surface area contributed by atoms with Crippen LogP contribution in [0.5, 0.6) is 23.0 Å². The first-order chi connectivity index (χ1) is 44.6. The molecule has 6 aliphatic rings. The lowest BCUT2D eigenvalue weighted by Crippen LogP contribution is -2.26. The molecule has 13 aromatic rings. The highest BCUT2D eigenvalue weighted by molar-refractivity contribution is 6.32. The van der Waals surface area contributed by atoms with E-state index in [1.165, 1.54) is 27.3 Å². The van der Waals surface area contributed by atoms with Crippen molar-refractivity contribution >= 4 is 105 Å². The number of nitrogens with zero attached hydrogens (tertiary/aromatic N) is 6. The molecule has 4 aliphatic heterocycles. The van der Waals surface area contributed by atoms with Crippen molar-refractivity contribution < 1.29 is 43.2 Å². The molecule has 19 rings (SSSR count). The number of aliphatic hydroxyl groups is 1. The summed E-state index contributed by atoms with van der Waals surface area (Å²) in [5.74, 6) is 2.63. The molecule has 2 fully saturated rings. The van der Waals surface area contributed by atoms with Crippen LogP contribution in [-0.4, -0.2) is 91.6 Å². The fourth-order valence-electron chi connectivity index (χ4n) is 17.3. The maximum atomic E-state index is 14.7. The van der Waals surface area contributed by atoms with Gasteiger partial charge in [0.05, 0.1) is 86.2 Å². The fraction of sp³-hybridized carbons (Fsp3) is 0.250. The van der Waals surface area contributed by atoms with E-state index in [0.29, 0.717) is 44.1 Å². The molecule has 15 heteroatoms. The summed E-state index contributed by atoms with van der Waals surface area (Å²) in [5.41, 5.74) is 15.8. The summed E-state index contributed by atoms with van der Waals surface area (Å²) in [6.07, 6.45) is 2.49. The number of aromatic nitrogens is 4. The Morgan fingerprint density at radius 3 is 1.35 bits per heavy atom. The van der Waals surface area contributed by atoms with Gasteiger partial charge in [0.2, 0.25) is 0 Å². The third kappa shape index (κ3) is 7.67. The number of para-hydroxylation sites is 4. The molecular formula is C76H64N6O9. The highest BCUT2D eigenvalue weighted by atomic mass is 16.5. The summed E-state index contributed by atoms with van der Waals surface area (Å²) in [6.45, 7) is 2.16. The molecular weight excluding hydrogens is 1140 g/mol. The minimum absolute atomic E-state index is 0.00998. The number of carbonyl (C=O) groups excluding carboxylic acids is 3. The Labute approximate surface area is 522 Å². The molecule has 15 nitrogen and oxygen atoms in total. The van der Waals surface area contributed by atoms with Crippen molar-refractivity contribution in [3.05, 3.63) is 203 Å². The molecule has 0 radical (unpaired) electrons. The maximum absolute atomic E-state index is 14.7. The van der Waals surface area contributed by atoms with E-state index in [1.54, 1.807) is 28.4 Å². The van der Waals surface area contributed by atoms with Gasteiger partial charge in [-0.3, -0.25) is 14.4 Å². The minimum Gasteiger partial charge on any atom is -0.497 e. The largest absolute Gasteiger partial charge is 0.497 e. The first-order valence-electron chi connectivity index (χ1n) is 31.5. The Morgan fingerprint density at radius 1 is 0.451 bits per heavy atom. The van der Waals surface area contributed by atoms with Crippen LogP contribution in [0.1, 0.15) is 98.4 Å². The Bertz CT molecular complexity index is 5290. The van der Waals surface area contributed by atoms with Gasteiger partial charge in [-0.05, 0) is 108 Å². The number of rotatable bonds is 11. The number of carbonyl (C=O) groups is 3. The Morgan fingerprint density at radius 2 is 0.868 bits per heavy atom. The second kappa shape index (κ2) is 20.1. The smallest absolute Gasteiger partial charge is 0.310 e. The van der Waals surface area contributed by atoms with Gasteiger partial charge in [0.25, 0.3) is 11.8 Å². The molecule has 2 amide bonds. The van der Waals surface area contributed by atoms with Crippen molar-refractivity contribution in [3.63, 3.8) is 0 Å². The highest BCUT2D eigenvalue weighted by Crippen LogP contribution is 2.57. The molecule has 2 saturated carbocycles. The Balaban J connectivity index is 0.000000140. The number of hydrogen-bond acceptors (Lipinski definition) is 9. The number of hydrogen-bond donors (Lipinski definition) is 1. The monoisotopic (exact) mass is 1200 g/mol. The van der Waals surface area contributed by atoms with Gasteiger partial charge in [0.15, 0.2) is 11.5 Å². The van der Waals surface area contributed by atoms with Gasteiger partial charge in [0, 0.05) is 110 Å². The quantitative estimate of drug-likeness (QED) is 0.125. The van der Waals surface area contributed by atoms with E-state index in [0.717, 1.165) is 130 Å². The van der Waals surface area contributed by atoms with Crippen molar-refractivity contribution in [1.82, 2.24) is 28.1 Å². The summed E-state index contributed by atoms with van der Waals surface area (Å²) < 4.78 is 37.8. The van der Waals surface area contributed by atoms with E-state index >= 15 is 0 Å². The van der Waals surface area contributed by atoms with Gasteiger partial charge in [-0.25, -0.2) is 0 Å². The molecule has 0 spiro atoms. The van der Waals surface area contributed by atoms with E-state index in [9.17, 15) is 19.5 Å². The third-order valence-electron chi connectivity index (χ3n) is 21.0. The van der Waals surface area contributed by atoms with Crippen molar-refractivity contribution in [2.75, 3.05) is 28.4 Å². The summed E-state index contributed by atoms with van der Waals surface area (Å²) in [6, 6.07) is 55.7. The lowest BCUT2D eigenvalue weighted by atomic mass is 9.97. The zero-order valence-corrected chi connectivity index (χ0v) is 50.8. The molecule has 4 bridgehead atoms. The van der Waals surface area contributed by atoms with E-state index in [1.807, 2.05) is 76.5 Å². The van der Waals surface area contributed by atoms with Crippen LogP contribution in [0.2, 0.25) is 0 Å². The van der Waals surface area contributed by atoms with Crippen LogP contribution in [-0.2, 0) is 42.1 Å². The van der Waals surface area contributed by atoms with Crippen LogP contribution >= 0.6 is 0 Å². The molecule has 2 aliphatic carbocycles. The normalized spacial score (nSPS) is 20.1. The minimum atomic E-state index is -0.422. The fourth-order valence-corrected chi connectivity index (χ4v) is 17.3. The van der Waals surface area contributed by atoms with Gasteiger partial charge in [-0.15, -0.1) is 0 Å². The Hall–Kier alpha value is -10.3. The number of fused-ring (bicyclic) bond motifs is 26. The van der Waals surface area contributed by atoms with Crippen molar-refractivity contribution in [2.45, 2.75) is 94.7 Å². The van der Waals surface area contributed by atoms with Gasteiger partial charge in [0.1, 0.15) is 17.6 Å². The van der Waals surface area contributed by atoms with Crippen LogP contribution in [0.3, 0.4) is 0 Å². The molecule has 452 valence electrons. The Kier molecular flexibility index (Phi) is 11.9. The first-order valence-corrected chi connectivity index (χ1v) is 31.5. The topological polar surface area (TPSA) is 144 Å². The SMILES string of the molecule is COc1ccc(CN2Cc3c(c4c5ccccc5n5c4c4c3c3ccccc3n4[C@@H]3C[C@@H](O)[C@H]5C3)C2=O)cc1.COc1ccc(CN2Cc3c(c4c5ccccc5n5c4c4c3c3ccccc3n4[C@H]3C[C@@H]5[C@H](OC(=O)Cc4ccc(OC)c(OC)c4)C3)C2=O)cc1. The van der Waals surface area contributed by atoms with Gasteiger partial charge in [-0.1, -0.05) is 103 Å². The predicted octanol–water partition coefficient (Wildman–Crippen LogP) is 14.4. The van der Waals surface area contributed by atoms with Crippen LogP contribution in [0.4, 0.5) is 0 Å². The van der Waals surface area contributed by atoms with Gasteiger partial charge >= 0.3 is 5.97 Å². The second-order valence-electron chi connectivity index (χ2n) is 25.5. The van der Waals surface area contributed by atoms with Crippen molar-refractivity contribution in [3.8, 4) is 23.0 Å². The number of benzene rings is 9. The van der Waals surface area contributed by atoms with Gasteiger partial charge < -0.3 is 56.9 Å². The molecule has 1 N–H and O–H groups in total. The molecule has 0 unspecified atom stereocenters. The lowest BCUT2D eigenvalue weighted by Gasteiger charge is -2.24. The lowest BCUT2D eigenvalue weighted by molar-refractivity contribution is -0.149. The number of aliphatic hydroxyl groups excluding tert-OH is 1. The number of methoxy groups -OCH3 is 4. The van der Waals surface area contributed by atoms with Gasteiger partial charge in [-0.2, -0.15) is 0 Å². The van der Waals surface area contributed by atoms with Crippen LogP contribution in [0, 0.1) is 0 Å². The molecule has 91 heavy (non-hydrogen) atoms. The highest BCUT2D eigenvalue weighted by Gasteiger charge is 2.48. The zero-order chi connectivity index (χ0) is 61.2. The van der Waals surface area contributed by atoms with Crippen molar-refractivity contribution in [1.29, 1.82) is 0 Å². The van der Waals surface area contributed by atoms with Crippen LogP contribution in [0.25, 0.3) is 87.2 Å². The third-order valence-corrected chi connectivity index (χ3v) is 21.0. The molecule has 4 aromatic heterocycles. The first kappa shape index (κ1) is 53.7. The van der Waals surface area contributed by atoms with Crippen molar-refractivity contribution in [2.24, 2.45) is 0 Å². The molecule has 0 saturated heterocycles.